The number of benzene rings is 2. The number of pyridine rings is 1. The van der Waals surface area contributed by atoms with E-state index in [4.69, 9.17) is 19.9 Å². The molecule has 0 radical (unpaired) electrons. The molecule has 1 aromatic heterocycles. The van der Waals surface area contributed by atoms with Crippen molar-refractivity contribution in [3.05, 3.63) is 89.2 Å². The van der Waals surface area contributed by atoms with Crippen LogP contribution in [0.15, 0.2) is 71.9 Å². The van der Waals surface area contributed by atoms with Crippen LogP contribution < -0.4 is 20.9 Å². The van der Waals surface area contributed by atoms with Gasteiger partial charge >= 0.3 is 6.18 Å². The number of aliphatic imine (C=N–C) groups is 1. The van der Waals surface area contributed by atoms with Crippen LogP contribution in [0, 0.1) is 5.41 Å². The first-order valence-electron chi connectivity index (χ1n) is 13.7. The number of fused-ring (bicyclic) bond motifs is 1. The van der Waals surface area contributed by atoms with Crippen molar-refractivity contribution in [1.82, 2.24) is 15.6 Å². The molecule has 3 aromatic rings. The van der Waals surface area contributed by atoms with Gasteiger partial charge in [0.2, 0.25) is 12.2 Å². The van der Waals surface area contributed by atoms with Gasteiger partial charge in [-0.15, -0.1) is 0 Å². The Morgan fingerprint density at radius 2 is 1.81 bits per heavy atom. The first-order chi connectivity index (χ1) is 20.7. The monoisotopic (exact) mass is 595 g/mol. The maximum atomic E-state index is 13.6. The standard InChI is InChI=1S/C30H32F3N7O3/c1-35-29(39-27-28(41)37-22-11-7-6-10-21(22)24(38-27)18-8-4-3-5-9-18)43-26(34)25-23(16-19(17-36-25)30(31,32)33)40-14-12-20(42-2)13-15-40/h3-11,16-17,20,27,29,34-35,39H,12-15H2,1-2H3,(H,37,41)/t27-,29?/m1/s1. The van der Waals surface area contributed by atoms with Crippen LogP contribution in [0.4, 0.5) is 24.5 Å². The molecule has 2 aliphatic heterocycles. The van der Waals surface area contributed by atoms with Crippen LogP contribution in [-0.2, 0) is 20.4 Å². The number of nitrogens with one attached hydrogen (secondary N) is 4. The summed E-state index contributed by atoms with van der Waals surface area (Å²) in [4.78, 5) is 23.7. The van der Waals surface area contributed by atoms with Crippen molar-refractivity contribution in [1.29, 1.82) is 5.41 Å². The fourth-order valence-electron chi connectivity index (χ4n) is 5.05. The molecule has 2 aliphatic rings. The quantitative estimate of drug-likeness (QED) is 0.177. The lowest BCUT2D eigenvalue weighted by Gasteiger charge is -2.34. The van der Waals surface area contributed by atoms with Gasteiger partial charge in [0.05, 0.1) is 28.8 Å². The zero-order chi connectivity index (χ0) is 30.6. The number of benzodiazepines with no additional fused rings is 1. The zero-order valence-corrected chi connectivity index (χ0v) is 23.6. The molecule has 1 unspecified atom stereocenters. The maximum Gasteiger partial charge on any atom is 0.417 e. The summed E-state index contributed by atoms with van der Waals surface area (Å²) in [6.07, 6.45) is -4.95. The number of alkyl halides is 3. The van der Waals surface area contributed by atoms with E-state index in [2.05, 4.69) is 20.9 Å². The maximum absolute atomic E-state index is 13.6. The summed E-state index contributed by atoms with van der Waals surface area (Å²) >= 11 is 0. The SMILES string of the molecule is CNC(N[C@H]1N=C(c2ccccc2)c2ccccc2NC1=O)OC(=N)c1ncc(C(F)(F)F)cc1N1CCC(OC)CC1. The van der Waals surface area contributed by atoms with Gasteiger partial charge in [-0.25, -0.2) is 10.3 Å². The molecule has 1 saturated heterocycles. The molecule has 2 aromatic carbocycles. The fourth-order valence-corrected chi connectivity index (χ4v) is 5.05. The third-order valence-corrected chi connectivity index (χ3v) is 7.33. The van der Waals surface area contributed by atoms with E-state index >= 15 is 0 Å². The van der Waals surface area contributed by atoms with E-state index in [1.165, 1.54) is 0 Å². The summed E-state index contributed by atoms with van der Waals surface area (Å²) in [6.45, 7) is 0.852. The molecule has 0 spiro atoms. The average molecular weight is 596 g/mol. The number of para-hydroxylation sites is 1. The fraction of sp³-hybridized carbons (Fsp3) is 0.333. The summed E-state index contributed by atoms with van der Waals surface area (Å²) in [5, 5.41) is 17.4. The molecule has 10 nitrogen and oxygen atoms in total. The van der Waals surface area contributed by atoms with E-state index in [1.807, 2.05) is 48.5 Å². The number of nitrogens with zero attached hydrogens (tertiary/aromatic N) is 3. The molecule has 4 N–H and O–H groups in total. The second-order valence-electron chi connectivity index (χ2n) is 10.1. The Labute approximate surface area is 246 Å². The third kappa shape index (κ3) is 6.85. The van der Waals surface area contributed by atoms with E-state index in [-0.39, 0.29) is 17.5 Å². The van der Waals surface area contributed by atoms with Crippen molar-refractivity contribution in [2.75, 3.05) is 37.5 Å². The van der Waals surface area contributed by atoms with Crippen molar-refractivity contribution in [3.63, 3.8) is 0 Å². The van der Waals surface area contributed by atoms with Crippen molar-refractivity contribution in [2.45, 2.75) is 37.6 Å². The summed E-state index contributed by atoms with van der Waals surface area (Å²) in [5.74, 6) is -0.933. The molecule has 0 saturated carbocycles. The van der Waals surface area contributed by atoms with Gasteiger partial charge in [0.1, 0.15) is 5.69 Å². The first kappa shape index (κ1) is 30.1. The van der Waals surface area contributed by atoms with Crippen LogP contribution in [0.2, 0.25) is 0 Å². The Balaban J connectivity index is 1.41. The van der Waals surface area contributed by atoms with Crippen LogP contribution in [0.1, 0.15) is 35.2 Å². The lowest BCUT2D eigenvalue weighted by Crippen LogP contribution is -2.52. The minimum absolute atomic E-state index is 0.00484. The molecule has 1 amide bonds. The van der Waals surface area contributed by atoms with Gasteiger partial charge in [-0.3, -0.25) is 20.5 Å². The smallest absolute Gasteiger partial charge is 0.417 e. The van der Waals surface area contributed by atoms with Crippen molar-refractivity contribution >= 4 is 28.9 Å². The highest BCUT2D eigenvalue weighted by Crippen LogP contribution is 2.34. The second-order valence-corrected chi connectivity index (χ2v) is 10.1. The number of carbonyl (C=O) groups excluding carboxylic acids is 1. The number of carbonyl (C=O) groups is 1. The Bertz CT molecular complexity index is 1490. The van der Waals surface area contributed by atoms with Gasteiger partial charge in [0.15, 0.2) is 6.17 Å². The first-order valence-corrected chi connectivity index (χ1v) is 13.7. The number of methoxy groups -OCH3 is 1. The van der Waals surface area contributed by atoms with Crippen LogP contribution in [0.3, 0.4) is 0 Å². The van der Waals surface area contributed by atoms with Gasteiger partial charge < -0.3 is 19.7 Å². The molecule has 5 rings (SSSR count). The highest BCUT2D eigenvalue weighted by Gasteiger charge is 2.34. The predicted octanol–water partition coefficient (Wildman–Crippen LogP) is 3.97. The van der Waals surface area contributed by atoms with Gasteiger partial charge in [0, 0.05) is 37.5 Å². The average Bonchev–Trinajstić information content (AvgIpc) is 3.16. The highest BCUT2D eigenvalue weighted by atomic mass is 19.4. The number of piperidine rings is 1. The number of anilines is 2. The van der Waals surface area contributed by atoms with E-state index in [9.17, 15) is 18.0 Å². The Morgan fingerprint density at radius 3 is 2.49 bits per heavy atom. The summed E-state index contributed by atoms with van der Waals surface area (Å²) in [6, 6.07) is 17.7. The molecule has 3 heterocycles. The number of halogens is 3. The van der Waals surface area contributed by atoms with Crippen molar-refractivity contribution in [3.8, 4) is 0 Å². The molecular weight excluding hydrogens is 563 g/mol. The summed E-state index contributed by atoms with van der Waals surface area (Å²) in [7, 11) is 3.15. The summed E-state index contributed by atoms with van der Waals surface area (Å²) < 4.78 is 52.0. The van der Waals surface area contributed by atoms with Crippen LogP contribution >= 0.6 is 0 Å². The van der Waals surface area contributed by atoms with E-state index in [0.29, 0.717) is 43.5 Å². The van der Waals surface area contributed by atoms with E-state index in [0.717, 1.165) is 17.2 Å². The molecule has 43 heavy (non-hydrogen) atoms. The minimum atomic E-state index is -4.61. The summed E-state index contributed by atoms with van der Waals surface area (Å²) in [5.41, 5.74) is 1.84. The number of hydrogen-bond donors (Lipinski definition) is 4. The lowest BCUT2D eigenvalue weighted by molar-refractivity contribution is -0.137. The van der Waals surface area contributed by atoms with Gasteiger partial charge in [-0.1, -0.05) is 48.5 Å². The van der Waals surface area contributed by atoms with E-state index in [1.54, 1.807) is 25.1 Å². The van der Waals surface area contributed by atoms with Crippen LogP contribution in [-0.4, -0.2) is 68.4 Å². The molecular formula is C30H32F3N7O3. The Kier molecular flexibility index (Phi) is 9.04. The lowest BCUT2D eigenvalue weighted by atomic mass is 10.0. The highest BCUT2D eigenvalue weighted by molar-refractivity contribution is 6.19. The molecule has 0 bridgehead atoms. The normalized spacial score (nSPS) is 18.3. The van der Waals surface area contributed by atoms with Gasteiger partial charge in [-0.05, 0) is 32.0 Å². The molecule has 226 valence electrons. The van der Waals surface area contributed by atoms with Crippen molar-refractivity contribution in [2.24, 2.45) is 4.99 Å². The minimum Gasteiger partial charge on any atom is -0.444 e. The number of hydrogen-bond acceptors (Lipinski definition) is 9. The Hall–Kier alpha value is -4.33. The number of rotatable bonds is 8. The topological polar surface area (TPSA) is 124 Å². The van der Waals surface area contributed by atoms with Crippen LogP contribution in [0.25, 0.3) is 0 Å². The third-order valence-electron chi connectivity index (χ3n) is 7.33. The molecule has 2 atom stereocenters. The zero-order valence-electron chi connectivity index (χ0n) is 23.6. The Morgan fingerprint density at radius 1 is 1.12 bits per heavy atom. The number of aromatic nitrogens is 1. The second kappa shape index (κ2) is 12.9. The molecule has 0 aliphatic carbocycles. The van der Waals surface area contributed by atoms with E-state index < -0.39 is 36.1 Å². The van der Waals surface area contributed by atoms with Crippen LogP contribution in [0.5, 0.6) is 0 Å². The number of amides is 1. The van der Waals surface area contributed by atoms with Gasteiger partial charge in [-0.2, -0.15) is 13.2 Å². The van der Waals surface area contributed by atoms with Crippen molar-refractivity contribution < 1.29 is 27.4 Å². The largest absolute Gasteiger partial charge is 0.444 e. The van der Waals surface area contributed by atoms with Gasteiger partial charge in [0.25, 0.3) is 5.91 Å². The molecule has 13 heteroatoms. The molecule has 1 fully saturated rings. The predicted molar refractivity (Wildman–Crippen MR) is 156 cm³/mol. The number of ether oxygens (including phenoxy) is 2.